The number of halogens is 3. The Bertz CT molecular complexity index is 547. The smallest absolute Gasteiger partial charge is 0.137 e. The quantitative estimate of drug-likeness (QED) is 0.866. The van der Waals surface area contributed by atoms with Gasteiger partial charge in [0.15, 0.2) is 0 Å². The topological polar surface area (TPSA) is 33.1 Å². The summed E-state index contributed by atoms with van der Waals surface area (Å²) >= 11 is 8.79. The van der Waals surface area contributed by atoms with Crippen LogP contribution in [-0.2, 0) is 6.42 Å². The average Bonchev–Trinajstić information content (AvgIpc) is 2.34. The molecule has 0 saturated heterocycles. The largest absolute Gasteiger partial charge is 0.388 e. The molecular weight excluding hydrogens is 321 g/mol. The van der Waals surface area contributed by atoms with Gasteiger partial charge in [-0.1, -0.05) is 23.7 Å². The van der Waals surface area contributed by atoms with Crippen LogP contribution in [0.1, 0.15) is 17.2 Å². The van der Waals surface area contributed by atoms with Crippen molar-refractivity contribution >= 4 is 27.5 Å². The van der Waals surface area contributed by atoms with Gasteiger partial charge < -0.3 is 5.11 Å². The highest BCUT2D eigenvalue weighted by Crippen LogP contribution is 2.22. The molecule has 18 heavy (non-hydrogen) atoms. The maximum atomic E-state index is 13.1. The summed E-state index contributed by atoms with van der Waals surface area (Å²) in [6.45, 7) is 0. The molecule has 0 spiro atoms. The minimum atomic E-state index is -0.688. The van der Waals surface area contributed by atoms with E-state index in [-0.39, 0.29) is 5.82 Å². The number of nitrogens with zero attached hydrogens (tertiary/aromatic N) is 1. The zero-order chi connectivity index (χ0) is 13.1. The second kappa shape index (κ2) is 5.78. The minimum absolute atomic E-state index is 0.318. The summed E-state index contributed by atoms with van der Waals surface area (Å²) in [7, 11) is 0. The number of rotatable bonds is 3. The molecular formula is C13H10BrClFNO. The molecule has 2 rings (SSSR count). The molecule has 0 aliphatic heterocycles. The van der Waals surface area contributed by atoms with Crippen LogP contribution in [0.5, 0.6) is 0 Å². The van der Waals surface area contributed by atoms with E-state index in [1.165, 1.54) is 12.3 Å². The highest BCUT2D eigenvalue weighted by Gasteiger charge is 2.10. The first-order valence-corrected chi connectivity index (χ1v) is 6.47. The molecule has 1 aromatic heterocycles. The number of hydrogen-bond donors (Lipinski definition) is 1. The van der Waals surface area contributed by atoms with Gasteiger partial charge in [0.2, 0.25) is 0 Å². The molecule has 2 aromatic rings. The number of aromatic nitrogens is 1. The van der Waals surface area contributed by atoms with Crippen molar-refractivity contribution < 1.29 is 9.50 Å². The summed E-state index contributed by atoms with van der Waals surface area (Å²) in [5.41, 5.74) is 1.52. The van der Waals surface area contributed by atoms with Crippen molar-refractivity contribution in [3.8, 4) is 0 Å². The van der Waals surface area contributed by atoms with Gasteiger partial charge in [0.25, 0.3) is 0 Å². The third-order valence-corrected chi connectivity index (χ3v) is 3.38. The molecule has 0 saturated carbocycles. The SMILES string of the molecule is OC(Cc1ccc(F)c(Br)c1)c1ccc(Cl)nc1. The fourth-order valence-electron chi connectivity index (χ4n) is 1.59. The van der Waals surface area contributed by atoms with Crippen molar-refractivity contribution in [3.63, 3.8) is 0 Å². The molecule has 1 N–H and O–H groups in total. The Morgan fingerprint density at radius 3 is 2.72 bits per heavy atom. The van der Waals surface area contributed by atoms with E-state index >= 15 is 0 Å². The number of aliphatic hydroxyl groups excluding tert-OH is 1. The van der Waals surface area contributed by atoms with Crippen molar-refractivity contribution in [2.24, 2.45) is 0 Å². The Morgan fingerprint density at radius 1 is 1.33 bits per heavy atom. The van der Waals surface area contributed by atoms with Crippen molar-refractivity contribution in [1.29, 1.82) is 0 Å². The first-order valence-electron chi connectivity index (χ1n) is 5.29. The fraction of sp³-hybridized carbons (Fsp3) is 0.154. The number of aliphatic hydroxyl groups is 1. The van der Waals surface area contributed by atoms with Crippen LogP contribution in [0, 0.1) is 5.82 Å². The second-order valence-corrected chi connectivity index (χ2v) is 5.12. The van der Waals surface area contributed by atoms with Crippen molar-refractivity contribution in [3.05, 3.63) is 63.1 Å². The summed E-state index contributed by atoms with van der Waals surface area (Å²) in [4.78, 5) is 3.91. The molecule has 0 aliphatic rings. The fourth-order valence-corrected chi connectivity index (χ4v) is 2.13. The summed E-state index contributed by atoms with van der Waals surface area (Å²) < 4.78 is 13.5. The van der Waals surface area contributed by atoms with E-state index in [9.17, 15) is 9.50 Å². The molecule has 0 fully saturated rings. The Morgan fingerprint density at radius 2 is 2.11 bits per heavy atom. The highest BCUT2D eigenvalue weighted by molar-refractivity contribution is 9.10. The van der Waals surface area contributed by atoms with E-state index in [2.05, 4.69) is 20.9 Å². The Hall–Kier alpha value is -0.970. The van der Waals surface area contributed by atoms with E-state index in [0.29, 0.717) is 21.6 Å². The van der Waals surface area contributed by atoms with E-state index in [1.807, 2.05) is 0 Å². The molecule has 0 aliphatic carbocycles. The van der Waals surface area contributed by atoms with Crippen molar-refractivity contribution in [2.45, 2.75) is 12.5 Å². The van der Waals surface area contributed by atoms with Crippen molar-refractivity contribution in [2.75, 3.05) is 0 Å². The predicted molar refractivity (Wildman–Crippen MR) is 72.0 cm³/mol. The zero-order valence-electron chi connectivity index (χ0n) is 9.28. The van der Waals surface area contributed by atoms with Crippen LogP contribution in [-0.4, -0.2) is 10.1 Å². The van der Waals surface area contributed by atoms with E-state index in [0.717, 1.165) is 5.56 Å². The predicted octanol–water partition coefficient (Wildman–Crippen LogP) is 3.91. The van der Waals surface area contributed by atoms with Gasteiger partial charge in [-0.25, -0.2) is 9.37 Å². The van der Waals surface area contributed by atoms with Gasteiger partial charge in [-0.2, -0.15) is 0 Å². The monoisotopic (exact) mass is 329 g/mol. The molecule has 5 heteroatoms. The Labute approximate surface area is 118 Å². The van der Waals surface area contributed by atoms with Crippen LogP contribution in [0.2, 0.25) is 5.15 Å². The number of hydrogen-bond acceptors (Lipinski definition) is 2. The zero-order valence-corrected chi connectivity index (χ0v) is 11.6. The number of benzene rings is 1. The lowest BCUT2D eigenvalue weighted by Crippen LogP contribution is -2.02. The van der Waals surface area contributed by atoms with Crippen LogP contribution < -0.4 is 0 Å². The standard InChI is InChI=1S/C13H10BrClFNO/c14-10-5-8(1-3-11(10)16)6-12(18)9-2-4-13(15)17-7-9/h1-5,7,12,18H,6H2. The molecule has 0 amide bonds. The molecule has 1 aromatic carbocycles. The number of pyridine rings is 1. The lowest BCUT2D eigenvalue weighted by molar-refractivity contribution is 0.178. The second-order valence-electron chi connectivity index (χ2n) is 3.88. The molecule has 1 atom stereocenters. The Balaban J connectivity index is 2.13. The van der Waals surface area contributed by atoms with Gasteiger partial charge in [-0.15, -0.1) is 0 Å². The summed E-state index contributed by atoms with van der Waals surface area (Å²) in [6, 6.07) is 8.01. The molecule has 94 valence electrons. The van der Waals surface area contributed by atoms with E-state index < -0.39 is 6.10 Å². The van der Waals surface area contributed by atoms with Gasteiger partial charge in [-0.05, 0) is 45.3 Å². The normalized spacial score (nSPS) is 12.4. The molecule has 1 unspecified atom stereocenters. The summed E-state index contributed by atoms with van der Waals surface area (Å²) in [6.07, 6.45) is 1.24. The van der Waals surface area contributed by atoms with Gasteiger partial charge in [0, 0.05) is 12.6 Å². The molecule has 0 bridgehead atoms. The van der Waals surface area contributed by atoms with Crippen LogP contribution >= 0.6 is 27.5 Å². The van der Waals surface area contributed by atoms with Gasteiger partial charge >= 0.3 is 0 Å². The maximum absolute atomic E-state index is 13.1. The van der Waals surface area contributed by atoms with Crippen LogP contribution in [0.3, 0.4) is 0 Å². The average molecular weight is 331 g/mol. The first-order chi connectivity index (χ1) is 8.56. The third kappa shape index (κ3) is 3.28. The minimum Gasteiger partial charge on any atom is -0.388 e. The summed E-state index contributed by atoms with van der Waals surface area (Å²) in [5, 5.41) is 10.4. The maximum Gasteiger partial charge on any atom is 0.137 e. The van der Waals surface area contributed by atoms with Crippen LogP contribution in [0.4, 0.5) is 4.39 Å². The van der Waals surface area contributed by atoms with Gasteiger partial charge in [-0.3, -0.25) is 0 Å². The van der Waals surface area contributed by atoms with Gasteiger partial charge in [0.1, 0.15) is 11.0 Å². The van der Waals surface area contributed by atoms with Crippen LogP contribution in [0.25, 0.3) is 0 Å². The third-order valence-electron chi connectivity index (χ3n) is 2.55. The molecule has 1 heterocycles. The van der Waals surface area contributed by atoms with Crippen molar-refractivity contribution in [1.82, 2.24) is 4.98 Å². The lowest BCUT2D eigenvalue weighted by atomic mass is 10.0. The highest BCUT2D eigenvalue weighted by atomic mass is 79.9. The Kier molecular flexibility index (Phi) is 4.32. The lowest BCUT2D eigenvalue weighted by Gasteiger charge is -2.11. The molecule has 2 nitrogen and oxygen atoms in total. The van der Waals surface area contributed by atoms with E-state index in [1.54, 1.807) is 24.3 Å². The van der Waals surface area contributed by atoms with E-state index in [4.69, 9.17) is 11.6 Å². The molecule has 0 radical (unpaired) electrons. The summed E-state index contributed by atoms with van der Waals surface area (Å²) in [5.74, 6) is -0.318. The van der Waals surface area contributed by atoms with Gasteiger partial charge in [0.05, 0.1) is 10.6 Å². The van der Waals surface area contributed by atoms with Crippen LogP contribution in [0.15, 0.2) is 41.0 Å². The first kappa shape index (κ1) is 13.5.